The first-order valence-electron chi connectivity index (χ1n) is 17.6. The van der Waals surface area contributed by atoms with Crippen molar-refractivity contribution in [2.45, 2.75) is 127 Å². The van der Waals surface area contributed by atoms with Gasteiger partial charge in [-0.25, -0.2) is 4.79 Å². The Bertz CT molecular complexity index is 1880. The van der Waals surface area contributed by atoms with Crippen LogP contribution in [0, 0.1) is 12.3 Å². The molecule has 1 aromatic carbocycles. The Hall–Kier alpha value is -4.48. The fraction of sp³-hybridized carbons (Fsp3) is 0.611. The van der Waals surface area contributed by atoms with E-state index >= 15 is 0 Å². The molecule has 2 saturated heterocycles. The molecular weight excluding hydrogens is 721 g/mol. The van der Waals surface area contributed by atoms with Crippen LogP contribution in [0.3, 0.4) is 0 Å². The topological polar surface area (TPSA) is 247 Å². The number of aliphatic hydroxyl groups excluding tert-OH is 1. The number of aromatic amines is 1. The third-order valence-electron chi connectivity index (χ3n) is 9.17. The minimum atomic E-state index is -1.67. The summed E-state index contributed by atoms with van der Waals surface area (Å²) in [7, 11) is 0. The van der Waals surface area contributed by atoms with E-state index in [0.717, 1.165) is 5.56 Å². The van der Waals surface area contributed by atoms with Gasteiger partial charge < -0.3 is 25.2 Å². The molecular formula is C36H50N8O9S. The van der Waals surface area contributed by atoms with Crippen molar-refractivity contribution in [3.8, 4) is 0 Å². The van der Waals surface area contributed by atoms with E-state index in [4.69, 9.17) is 15.0 Å². The molecule has 0 bridgehead atoms. The van der Waals surface area contributed by atoms with Crippen molar-refractivity contribution in [1.82, 2.24) is 25.5 Å². The molecule has 17 nitrogen and oxygen atoms in total. The number of hydrogen-bond donors (Lipinski definition) is 5. The van der Waals surface area contributed by atoms with Crippen LogP contribution in [0.5, 0.6) is 0 Å². The monoisotopic (exact) mass is 770 g/mol. The van der Waals surface area contributed by atoms with Crippen LogP contribution in [0.4, 0.5) is 0 Å². The van der Waals surface area contributed by atoms with Crippen molar-refractivity contribution < 1.29 is 33.8 Å². The SMILES string of the molecule is Cc1cn([C@H]2C[C@H](N=[N+]=[N-])[C@@H](COC(=O)C(C)(C)CC(=O)N[C@@H](Cc3ccccc3)[C@H](O)C(=O)C3N[C@H](C(=O)NC(C)(C)C)C(C)(C)S3)O2)c(=O)[nH]c1=O. The number of esters is 1. The molecule has 2 aromatic rings. The van der Waals surface area contributed by atoms with E-state index < -0.39 is 86.5 Å². The third-order valence-corrected chi connectivity index (χ3v) is 10.6. The van der Waals surface area contributed by atoms with Gasteiger partial charge in [-0.2, -0.15) is 0 Å². The van der Waals surface area contributed by atoms with E-state index in [2.05, 4.69) is 31.0 Å². The molecule has 3 heterocycles. The zero-order valence-corrected chi connectivity index (χ0v) is 32.6. The maximum Gasteiger partial charge on any atom is 0.330 e. The lowest BCUT2D eigenvalue weighted by molar-refractivity contribution is -0.160. The second kappa shape index (κ2) is 16.9. The number of aliphatic hydroxyl groups is 1. The number of ketones is 1. The summed E-state index contributed by atoms with van der Waals surface area (Å²) in [4.78, 5) is 83.0. The highest BCUT2D eigenvalue weighted by Crippen LogP contribution is 2.39. The van der Waals surface area contributed by atoms with Crippen LogP contribution in [0.1, 0.15) is 78.7 Å². The van der Waals surface area contributed by atoms with Crippen LogP contribution in [-0.4, -0.2) is 90.8 Å². The molecule has 2 fully saturated rings. The van der Waals surface area contributed by atoms with E-state index in [1.54, 1.807) is 24.3 Å². The van der Waals surface area contributed by atoms with Gasteiger partial charge in [-0.15, -0.1) is 11.8 Å². The number of Topliss-reactive ketones (excluding diaryl/α,β-unsaturated/α-hetero) is 1. The van der Waals surface area contributed by atoms with Crippen molar-refractivity contribution in [3.05, 3.63) is 78.9 Å². The van der Waals surface area contributed by atoms with Crippen LogP contribution in [0.2, 0.25) is 0 Å². The van der Waals surface area contributed by atoms with E-state index in [9.17, 15) is 33.9 Å². The van der Waals surface area contributed by atoms with Crippen molar-refractivity contribution in [2.75, 3.05) is 6.61 Å². The number of aryl methyl sites for hydroxylation is 1. The lowest BCUT2D eigenvalue weighted by Gasteiger charge is -2.28. The minimum Gasteiger partial charge on any atom is -0.462 e. The highest BCUT2D eigenvalue weighted by atomic mass is 32.2. The Morgan fingerprint density at radius 1 is 1.17 bits per heavy atom. The molecule has 0 aliphatic carbocycles. The van der Waals surface area contributed by atoms with Crippen LogP contribution in [-0.2, 0) is 35.1 Å². The molecule has 7 atom stereocenters. The van der Waals surface area contributed by atoms with E-state index in [-0.39, 0.29) is 37.3 Å². The van der Waals surface area contributed by atoms with Gasteiger partial charge in [0.05, 0.1) is 17.5 Å². The number of carbonyl (C=O) groups excluding carboxylic acids is 4. The molecule has 1 unspecified atom stereocenters. The van der Waals surface area contributed by atoms with Crippen LogP contribution >= 0.6 is 11.8 Å². The number of benzene rings is 1. The molecule has 0 spiro atoms. The predicted octanol–water partition coefficient (Wildman–Crippen LogP) is 2.15. The Kier molecular flexibility index (Phi) is 13.2. The Balaban J connectivity index is 1.42. The number of ether oxygens (including phenoxy) is 2. The number of hydrogen-bond acceptors (Lipinski definition) is 12. The van der Waals surface area contributed by atoms with Gasteiger partial charge in [0, 0.05) is 39.8 Å². The maximum absolute atomic E-state index is 13.8. The van der Waals surface area contributed by atoms with Gasteiger partial charge in [-0.3, -0.25) is 38.8 Å². The van der Waals surface area contributed by atoms with Gasteiger partial charge in [0.15, 0.2) is 5.78 Å². The van der Waals surface area contributed by atoms with Crippen molar-refractivity contribution in [3.63, 3.8) is 0 Å². The molecule has 4 rings (SSSR count). The van der Waals surface area contributed by atoms with Gasteiger partial charge in [0.25, 0.3) is 5.56 Å². The molecule has 1 aromatic heterocycles. The first kappa shape index (κ1) is 42.3. The molecule has 0 saturated carbocycles. The van der Waals surface area contributed by atoms with Crippen molar-refractivity contribution >= 4 is 35.3 Å². The lowest BCUT2D eigenvalue weighted by atomic mass is 9.88. The number of nitrogens with one attached hydrogen (secondary N) is 4. The standard InChI is InChI=1S/C36H50N8O9S/c1-19-17-44(33(51)40-29(19)48)25-15-21(42-43-37)23(53-25)18-52-32(50)35(5,6)16-24(45)38-22(14-20-12-10-9-11-13-20)26(46)27(47)31-39-28(36(7,8)54-31)30(49)41-34(2,3)4/h9-13,17,21-23,25-26,28,31,39,46H,14-16,18H2,1-8H3,(H,38,45)(H,41,49)(H,40,48,51)/t21-,22-,23+,25+,26-,28+,31?/m0/s1. The summed E-state index contributed by atoms with van der Waals surface area (Å²) in [5, 5.41) is 23.0. The fourth-order valence-corrected chi connectivity index (χ4v) is 7.68. The number of nitrogens with zero attached hydrogens (tertiary/aromatic N) is 4. The summed E-state index contributed by atoms with van der Waals surface area (Å²) in [6.45, 7) is 13.4. The number of azide groups is 1. The Labute approximate surface area is 317 Å². The molecule has 0 radical (unpaired) electrons. The molecule has 18 heteroatoms. The van der Waals surface area contributed by atoms with Crippen LogP contribution in [0.15, 0.2) is 51.2 Å². The number of thioether (sulfide) groups is 1. The van der Waals surface area contributed by atoms with Crippen LogP contribution in [0.25, 0.3) is 10.4 Å². The van der Waals surface area contributed by atoms with Gasteiger partial charge in [-0.1, -0.05) is 35.4 Å². The average Bonchev–Trinajstić information content (AvgIpc) is 3.63. The first-order valence-corrected chi connectivity index (χ1v) is 18.5. The largest absolute Gasteiger partial charge is 0.462 e. The summed E-state index contributed by atoms with van der Waals surface area (Å²) in [5.74, 6) is -2.29. The first-order chi connectivity index (χ1) is 25.1. The Morgan fingerprint density at radius 2 is 1.83 bits per heavy atom. The molecule has 54 heavy (non-hydrogen) atoms. The van der Waals surface area contributed by atoms with E-state index in [1.165, 1.54) is 43.3 Å². The summed E-state index contributed by atoms with van der Waals surface area (Å²) >= 11 is 1.22. The number of carbonyl (C=O) groups is 4. The smallest absolute Gasteiger partial charge is 0.330 e. The zero-order valence-electron chi connectivity index (χ0n) is 31.7. The molecule has 294 valence electrons. The highest BCUT2D eigenvalue weighted by Gasteiger charge is 2.50. The van der Waals surface area contributed by atoms with Gasteiger partial charge in [-0.05, 0) is 72.9 Å². The summed E-state index contributed by atoms with van der Waals surface area (Å²) in [5.41, 5.74) is 6.97. The number of H-pyrrole nitrogens is 1. The van der Waals surface area contributed by atoms with E-state index in [1.807, 2.05) is 40.7 Å². The summed E-state index contributed by atoms with van der Waals surface area (Å²) < 4.78 is 11.9. The van der Waals surface area contributed by atoms with Gasteiger partial charge in [0.1, 0.15) is 36.5 Å². The Morgan fingerprint density at radius 3 is 2.46 bits per heavy atom. The number of rotatable bonds is 14. The number of amides is 2. The highest BCUT2D eigenvalue weighted by molar-refractivity contribution is 8.02. The number of aromatic nitrogens is 2. The molecule has 5 N–H and O–H groups in total. The summed E-state index contributed by atoms with van der Waals surface area (Å²) in [6.07, 6.45) is -2.38. The van der Waals surface area contributed by atoms with Gasteiger partial charge in [0.2, 0.25) is 11.8 Å². The normalized spacial score (nSPS) is 23.5. The summed E-state index contributed by atoms with van der Waals surface area (Å²) in [6, 6.07) is 6.37. The second-order valence-corrected chi connectivity index (χ2v) is 17.7. The zero-order chi connectivity index (χ0) is 40.2. The average molecular weight is 771 g/mol. The van der Waals surface area contributed by atoms with Crippen molar-refractivity contribution in [1.29, 1.82) is 0 Å². The second-order valence-electron chi connectivity index (χ2n) is 15.9. The van der Waals surface area contributed by atoms with Crippen LogP contribution < -0.4 is 27.2 Å². The predicted molar refractivity (Wildman–Crippen MR) is 200 cm³/mol. The maximum atomic E-state index is 13.8. The van der Waals surface area contributed by atoms with Crippen molar-refractivity contribution in [2.24, 2.45) is 10.5 Å². The fourth-order valence-electron chi connectivity index (χ4n) is 6.30. The molecule has 2 amide bonds. The van der Waals surface area contributed by atoms with E-state index in [0.29, 0.717) is 0 Å². The molecule has 2 aliphatic rings. The minimum absolute atomic E-state index is 0.0739. The lowest BCUT2D eigenvalue weighted by Crippen LogP contribution is -2.57. The van der Waals surface area contributed by atoms with Gasteiger partial charge >= 0.3 is 11.7 Å². The molecule has 2 aliphatic heterocycles. The quantitative estimate of drug-likeness (QED) is 0.0806. The third kappa shape index (κ3) is 10.6.